The number of Topliss-reactive ketones (excluding diaryl/α,β-unsaturated/α-hetero) is 1. The maximum atomic E-state index is 11.5. The molecule has 104 valence electrons. The molecule has 0 radical (unpaired) electrons. The summed E-state index contributed by atoms with van der Waals surface area (Å²) < 4.78 is 15.3. The molecule has 19 heavy (non-hydrogen) atoms. The van der Waals surface area contributed by atoms with E-state index in [0.717, 1.165) is 0 Å². The summed E-state index contributed by atoms with van der Waals surface area (Å²) in [7, 11) is 1.51. The van der Waals surface area contributed by atoms with Crippen LogP contribution in [0.5, 0.6) is 11.5 Å². The Morgan fingerprint density at radius 3 is 2.47 bits per heavy atom. The number of ether oxygens (including phenoxy) is 3. The van der Waals surface area contributed by atoms with E-state index in [1.165, 1.54) is 14.0 Å². The number of hydrogen-bond acceptors (Lipinski definition) is 5. The van der Waals surface area contributed by atoms with Gasteiger partial charge in [-0.2, -0.15) is 0 Å². The first-order valence-corrected chi connectivity index (χ1v) is 5.95. The van der Waals surface area contributed by atoms with E-state index in [1.807, 2.05) is 0 Å². The van der Waals surface area contributed by atoms with Crippen LogP contribution < -0.4 is 9.47 Å². The summed E-state index contributed by atoms with van der Waals surface area (Å²) in [4.78, 5) is 22.9. The molecular formula is C14H18O5. The van der Waals surface area contributed by atoms with Gasteiger partial charge in [-0.3, -0.25) is 4.79 Å². The Kier molecular flexibility index (Phi) is 5.36. The predicted molar refractivity (Wildman–Crippen MR) is 69.7 cm³/mol. The Morgan fingerprint density at radius 2 is 1.95 bits per heavy atom. The Labute approximate surface area is 112 Å². The average Bonchev–Trinajstić information content (AvgIpc) is 2.34. The molecule has 0 amide bonds. The van der Waals surface area contributed by atoms with Gasteiger partial charge in [-0.05, 0) is 32.9 Å². The van der Waals surface area contributed by atoms with Gasteiger partial charge in [-0.15, -0.1) is 0 Å². The minimum Gasteiger partial charge on any atom is -0.497 e. The van der Waals surface area contributed by atoms with E-state index < -0.39 is 5.97 Å². The molecule has 5 nitrogen and oxygen atoms in total. The normalized spacial score (nSPS) is 10.2. The quantitative estimate of drug-likeness (QED) is 0.583. The van der Waals surface area contributed by atoms with Crippen LogP contribution >= 0.6 is 0 Å². The summed E-state index contributed by atoms with van der Waals surface area (Å²) in [5, 5.41) is 0. The van der Waals surface area contributed by atoms with E-state index in [9.17, 15) is 9.59 Å². The minimum atomic E-state index is -0.479. The largest absolute Gasteiger partial charge is 0.497 e. The van der Waals surface area contributed by atoms with Crippen LogP contribution in [0.3, 0.4) is 0 Å². The molecule has 0 aliphatic carbocycles. The highest BCUT2D eigenvalue weighted by Crippen LogP contribution is 2.25. The van der Waals surface area contributed by atoms with E-state index in [4.69, 9.17) is 14.2 Å². The number of methoxy groups -OCH3 is 1. The molecule has 0 atom stereocenters. The molecule has 1 rings (SSSR count). The van der Waals surface area contributed by atoms with Crippen molar-refractivity contribution in [2.75, 3.05) is 13.7 Å². The molecule has 0 fully saturated rings. The van der Waals surface area contributed by atoms with Crippen LogP contribution in [-0.2, 0) is 9.53 Å². The highest BCUT2D eigenvalue weighted by Gasteiger charge is 2.13. The first-order valence-electron chi connectivity index (χ1n) is 5.95. The molecule has 0 aliphatic heterocycles. The van der Waals surface area contributed by atoms with Crippen LogP contribution in [0.4, 0.5) is 0 Å². The molecule has 0 aliphatic rings. The zero-order valence-electron chi connectivity index (χ0n) is 11.6. The molecule has 1 aromatic rings. The van der Waals surface area contributed by atoms with Crippen molar-refractivity contribution in [2.24, 2.45) is 0 Å². The van der Waals surface area contributed by atoms with Crippen LogP contribution in [0.1, 0.15) is 31.1 Å². The highest BCUT2D eigenvalue weighted by atomic mass is 16.6. The second-order valence-corrected chi connectivity index (χ2v) is 4.25. The van der Waals surface area contributed by atoms with E-state index in [1.54, 1.807) is 32.0 Å². The zero-order chi connectivity index (χ0) is 14.4. The summed E-state index contributed by atoms with van der Waals surface area (Å²) in [6.45, 7) is 4.70. The van der Waals surface area contributed by atoms with Crippen LogP contribution in [0.15, 0.2) is 18.2 Å². The van der Waals surface area contributed by atoms with Crippen LogP contribution in [0.25, 0.3) is 0 Å². The summed E-state index contributed by atoms with van der Waals surface area (Å²) in [5.41, 5.74) is 0.401. The van der Waals surface area contributed by atoms with Crippen molar-refractivity contribution in [1.29, 1.82) is 0 Å². The first kappa shape index (κ1) is 15.0. The number of hydrogen-bond donors (Lipinski definition) is 0. The number of rotatable bonds is 6. The molecule has 5 heteroatoms. The minimum absolute atomic E-state index is 0.144. The van der Waals surface area contributed by atoms with Crippen molar-refractivity contribution in [3.63, 3.8) is 0 Å². The first-order chi connectivity index (χ1) is 8.93. The number of benzene rings is 1. The molecule has 0 N–H and O–H groups in total. The molecule has 0 aromatic heterocycles. The molecule has 0 saturated heterocycles. The van der Waals surface area contributed by atoms with E-state index in [0.29, 0.717) is 17.1 Å². The third-order valence-electron chi connectivity index (χ3n) is 2.28. The maximum absolute atomic E-state index is 11.5. The summed E-state index contributed by atoms with van der Waals surface area (Å²) in [6.07, 6.45) is -0.200. The molecule has 0 heterocycles. The van der Waals surface area contributed by atoms with Gasteiger partial charge in [-0.25, -0.2) is 4.79 Å². The van der Waals surface area contributed by atoms with Crippen LogP contribution in [0.2, 0.25) is 0 Å². The van der Waals surface area contributed by atoms with Crippen LogP contribution in [0, 0.1) is 0 Å². The lowest BCUT2D eigenvalue weighted by atomic mass is 10.1. The molecular weight excluding hydrogens is 248 g/mol. The molecule has 0 unspecified atom stereocenters. The Morgan fingerprint density at radius 1 is 1.26 bits per heavy atom. The van der Waals surface area contributed by atoms with Crippen molar-refractivity contribution >= 4 is 11.8 Å². The second-order valence-electron chi connectivity index (χ2n) is 4.25. The lowest BCUT2D eigenvalue weighted by Gasteiger charge is -2.12. The molecule has 0 spiro atoms. The maximum Gasteiger partial charge on any atom is 0.344 e. The monoisotopic (exact) mass is 266 g/mol. The fourth-order valence-electron chi connectivity index (χ4n) is 1.47. The van der Waals surface area contributed by atoms with Gasteiger partial charge in [0, 0.05) is 6.07 Å². The van der Waals surface area contributed by atoms with Crippen molar-refractivity contribution in [1.82, 2.24) is 0 Å². The number of carbonyl (C=O) groups excluding carboxylic acids is 2. The van der Waals surface area contributed by atoms with Gasteiger partial charge in [0.1, 0.15) is 11.5 Å². The molecule has 0 saturated carbocycles. The van der Waals surface area contributed by atoms with Gasteiger partial charge < -0.3 is 14.2 Å². The van der Waals surface area contributed by atoms with Crippen LogP contribution in [-0.4, -0.2) is 31.6 Å². The summed E-state index contributed by atoms with van der Waals surface area (Å²) >= 11 is 0. The van der Waals surface area contributed by atoms with Gasteiger partial charge in [0.25, 0.3) is 0 Å². The average molecular weight is 266 g/mol. The van der Waals surface area contributed by atoms with Crippen molar-refractivity contribution in [2.45, 2.75) is 26.9 Å². The smallest absolute Gasteiger partial charge is 0.344 e. The van der Waals surface area contributed by atoms with E-state index in [2.05, 4.69) is 0 Å². The van der Waals surface area contributed by atoms with Gasteiger partial charge in [-0.1, -0.05) is 0 Å². The summed E-state index contributed by atoms with van der Waals surface area (Å²) in [5.74, 6) is 0.243. The Hall–Kier alpha value is -2.04. The Balaban J connectivity index is 2.80. The van der Waals surface area contributed by atoms with Gasteiger partial charge in [0.05, 0.1) is 18.8 Å². The predicted octanol–water partition coefficient (Wildman–Crippen LogP) is 2.23. The van der Waals surface area contributed by atoms with Gasteiger partial charge in [0.2, 0.25) is 0 Å². The topological polar surface area (TPSA) is 61.8 Å². The Bertz CT molecular complexity index is 465. The lowest BCUT2D eigenvalue weighted by Crippen LogP contribution is -2.19. The third kappa shape index (κ3) is 4.62. The molecule has 0 bridgehead atoms. The highest BCUT2D eigenvalue weighted by molar-refractivity contribution is 5.97. The standard InChI is InChI=1S/C14H18O5/c1-9(2)19-14(16)8-18-13-7-11(17-4)5-6-12(13)10(3)15/h5-7,9H,8H2,1-4H3. The lowest BCUT2D eigenvalue weighted by molar-refractivity contribution is -0.149. The number of ketones is 1. The SMILES string of the molecule is COc1ccc(C(C)=O)c(OCC(=O)OC(C)C)c1. The number of carbonyl (C=O) groups is 2. The van der Waals surface area contributed by atoms with E-state index >= 15 is 0 Å². The second kappa shape index (κ2) is 6.78. The fraction of sp³-hybridized carbons (Fsp3) is 0.429. The fourth-order valence-corrected chi connectivity index (χ4v) is 1.47. The van der Waals surface area contributed by atoms with Crippen molar-refractivity contribution < 1.29 is 23.8 Å². The third-order valence-corrected chi connectivity index (χ3v) is 2.28. The zero-order valence-corrected chi connectivity index (χ0v) is 11.6. The van der Waals surface area contributed by atoms with Crippen molar-refractivity contribution in [3.8, 4) is 11.5 Å². The number of esters is 1. The van der Waals surface area contributed by atoms with Crippen molar-refractivity contribution in [3.05, 3.63) is 23.8 Å². The van der Waals surface area contributed by atoms with E-state index in [-0.39, 0.29) is 18.5 Å². The summed E-state index contributed by atoms with van der Waals surface area (Å²) in [6, 6.07) is 4.83. The van der Waals surface area contributed by atoms with Gasteiger partial charge in [0.15, 0.2) is 12.4 Å². The van der Waals surface area contributed by atoms with Gasteiger partial charge >= 0.3 is 5.97 Å². The molecule has 1 aromatic carbocycles.